The zero-order chi connectivity index (χ0) is 32.0. The molecule has 0 radical (unpaired) electrons. The summed E-state index contributed by atoms with van der Waals surface area (Å²) in [6, 6.07) is 2.39. The highest BCUT2D eigenvalue weighted by molar-refractivity contribution is 6.75. The van der Waals surface area contributed by atoms with Crippen molar-refractivity contribution in [2.24, 2.45) is 16.2 Å². The molecule has 0 aliphatic carbocycles. The van der Waals surface area contributed by atoms with E-state index < -0.39 is 13.7 Å². The fourth-order valence-electron chi connectivity index (χ4n) is 2.67. The number of unbranched alkanes of at least 4 members (excludes halogenated alkanes) is 1. The maximum absolute atomic E-state index is 11.8. The maximum Gasteiger partial charge on any atom is 0.311 e. The monoisotopic (exact) mass is 608 g/mol. The van der Waals surface area contributed by atoms with Gasteiger partial charge in [-0.3, -0.25) is 14.4 Å². The fraction of sp³-hybridized carbons (Fsp3) is 0.900. The Morgan fingerprint density at radius 1 is 0.725 bits per heavy atom. The summed E-state index contributed by atoms with van der Waals surface area (Å²) >= 11 is 0. The van der Waals surface area contributed by atoms with E-state index in [1.807, 2.05) is 62.3 Å². The van der Waals surface area contributed by atoms with E-state index in [0.29, 0.717) is 6.61 Å². The lowest BCUT2D eigenvalue weighted by Gasteiger charge is -2.24. The van der Waals surface area contributed by atoms with Crippen LogP contribution in [0.5, 0.6) is 0 Å². The lowest BCUT2D eigenvalue weighted by molar-refractivity contribution is -0.155. The summed E-state index contributed by atoms with van der Waals surface area (Å²) in [5.74, 6) is -0.447. The van der Waals surface area contributed by atoms with Gasteiger partial charge in [-0.15, -0.1) is 0 Å². The van der Waals surface area contributed by atoms with E-state index in [1.54, 1.807) is 0 Å². The molecule has 0 saturated carbocycles. The van der Waals surface area contributed by atoms with Gasteiger partial charge in [-0.2, -0.15) is 0 Å². The van der Waals surface area contributed by atoms with Crippen molar-refractivity contribution in [1.82, 2.24) is 0 Å². The van der Waals surface area contributed by atoms with Crippen molar-refractivity contribution in [3.63, 3.8) is 0 Å². The van der Waals surface area contributed by atoms with Gasteiger partial charge in [0.25, 0.3) is 0 Å². The number of esters is 3. The number of carbonyl (C=O) groups is 3. The SMILES string of the molecule is CCC(C)(C)C(=O)OC.CCC(C)(C)C(=O)OCCO.CCCC[SiH2]O[Si](C)(C)CCCOC(=O)C(C)(C)CC. The van der Waals surface area contributed by atoms with Crippen LogP contribution >= 0.6 is 0 Å². The smallest absolute Gasteiger partial charge is 0.311 e. The van der Waals surface area contributed by atoms with Crippen LogP contribution in [0.25, 0.3) is 0 Å². The third-order valence-corrected chi connectivity index (χ3v) is 13.5. The van der Waals surface area contributed by atoms with Crippen molar-refractivity contribution in [3.05, 3.63) is 0 Å². The molecule has 0 aliphatic rings. The molecular formula is C30H64O8Si2. The van der Waals surface area contributed by atoms with Crippen LogP contribution in [0, 0.1) is 16.2 Å². The molecule has 0 fully saturated rings. The quantitative estimate of drug-likeness (QED) is 0.0871. The molecule has 0 bridgehead atoms. The van der Waals surface area contributed by atoms with E-state index in [4.69, 9.17) is 18.7 Å². The van der Waals surface area contributed by atoms with Crippen LogP contribution in [0.1, 0.15) is 108 Å². The number of methoxy groups -OCH3 is 1. The summed E-state index contributed by atoms with van der Waals surface area (Å²) in [6.45, 7) is 24.5. The van der Waals surface area contributed by atoms with Gasteiger partial charge in [-0.1, -0.05) is 40.5 Å². The Morgan fingerprint density at radius 2 is 1.15 bits per heavy atom. The highest BCUT2D eigenvalue weighted by Gasteiger charge is 2.28. The Labute approximate surface area is 249 Å². The molecule has 0 amide bonds. The zero-order valence-corrected chi connectivity index (χ0v) is 30.7. The van der Waals surface area contributed by atoms with Gasteiger partial charge in [0.15, 0.2) is 8.32 Å². The number of aliphatic hydroxyl groups excluding tert-OH is 1. The summed E-state index contributed by atoms with van der Waals surface area (Å²) in [5.41, 5.74) is -1.08. The van der Waals surface area contributed by atoms with Gasteiger partial charge in [-0.25, -0.2) is 0 Å². The van der Waals surface area contributed by atoms with E-state index in [9.17, 15) is 14.4 Å². The standard InChI is InChI=1S/C15H34O3Si2.C8H16O3.C7H14O2/c1-7-9-12-19-18-20(5,6)13-10-11-17-14(16)15(3,4)8-2;1-4-8(2,3)7(10)11-6-5-9;1-5-7(2,3)6(8)9-4/h7-13,19H2,1-6H3;9H,4-6H2,1-3H3;5H2,1-4H3. The normalized spacial score (nSPS) is 12.2. The average molecular weight is 609 g/mol. The minimum Gasteiger partial charge on any atom is -0.469 e. The topological polar surface area (TPSA) is 108 Å². The lowest BCUT2D eigenvalue weighted by Crippen LogP contribution is -2.32. The molecule has 40 heavy (non-hydrogen) atoms. The molecule has 240 valence electrons. The highest BCUT2D eigenvalue weighted by Crippen LogP contribution is 2.23. The molecule has 0 aromatic rings. The van der Waals surface area contributed by atoms with Crippen molar-refractivity contribution >= 4 is 36.0 Å². The van der Waals surface area contributed by atoms with Crippen molar-refractivity contribution in [1.29, 1.82) is 0 Å². The molecule has 0 heterocycles. The van der Waals surface area contributed by atoms with E-state index in [2.05, 4.69) is 24.8 Å². The number of aliphatic hydroxyl groups is 1. The zero-order valence-electron chi connectivity index (χ0n) is 28.3. The highest BCUT2D eigenvalue weighted by atomic mass is 28.4. The minimum atomic E-state index is -1.51. The molecule has 0 unspecified atom stereocenters. The maximum atomic E-state index is 11.8. The van der Waals surface area contributed by atoms with Crippen LogP contribution in [-0.4, -0.2) is 68.0 Å². The van der Waals surface area contributed by atoms with Crippen molar-refractivity contribution < 1.29 is 37.8 Å². The first-order valence-electron chi connectivity index (χ1n) is 15.0. The minimum absolute atomic E-state index is 0.0716. The second-order valence-electron chi connectivity index (χ2n) is 12.6. The van der Waals surface area contributed by atoms with Gasteiger partial charge in [0.05, 0.1) is 36.6 Å². The second kappa shape index (κ2) is 22.4. The lowest BCUT2D eigenvalue weighted by atomic mass is 9.91. The third-order valence-electron chi connectivity index (χ3n) is 7.22. The first kappa shape index (κ1) is 43.2. The molecule has 0 spiro atoms. The van der Waals surface area contributed by atoms with Crippen LogP contribution < -0.4 is 0 Å². The summed E-state index contributed by atoms with van der Waals surface area (Å²) in [5, 5.41) is 8.38. The third kappa shape index (κ3) is 21.5. The fourth-order valence-corrected chi connectivity index (χ4v) is 7.74. The molecule has 0 aromatic heterocycles. The van der Waals surface area contributed by atoms with Gasteiger partial charge in [0, 0.05) is 0 Å². The molecule has 1 N–H and O–H groups in total. The molecule has 0 rings (SSSR count). The van der Waals surface area contributed by atoms with Crippen LogP contribution in [-0.2, 0) is 32.7 Å². The Balaban J connectivity index is -0.000000575. The Morgan fingerprint density at radius 3 is 1.50 bits per heavy atom. The van der Waals surface area contributed by atoms with Crippen LogP contribution in [0.3, 0.4) is 0 Å². The molecule has 0 aromatic carbocycles. The van der Waals surface area contributed by atoms with Gasteiger partial charge in [0.2, 0.25) is 0 Å². The summed E-state index contributed by atoms with van der Waals surface area (Å²) in [6.07, 6.45) is 5.89. The molecule has 10 heteroatoms. The molecule has 0 aliphatic heterocycles. The van der Waals surface area contributed by atoms with E-state index in [1.165, 1.54) is 26.0 Å². The van der Waals surface area contributed by atoms with Crippen LogP contribution in [0.2, 0.25) is 25.2 Å². The number of rotatable bonds is 17. The number of carbonyl (C=O) groups excluding carboxylic acids is 3. The molecule has 0 atom stereocenters. The molecule has 8 nitrogen and oxygen atoms in total. The molecule has 0 saturated heterocycles. The second-order valence-corrected chi connectivity index (χ2v) is 18.9. The van der Waals surface area contributed by atoms with Gasteiger partial charge >= 0.3 is 17.9 Å². The first-order chi connectivity index (χ1) is 18.3. The largest absolute Gasteiger partial charge is 0.469 e. The van der Waals surface area contributed by atoms with E-state index in [-0.39, 0.29) is 51.7 Å². The Bertz CT molecular complexity index is 691. The van der Waals surface area contributed by atoms with Crippen molar-refractivity contribution in [2.75, 3.05) is 26.9 Å². The summed E-state index contributed by atoms with van der Waals surface area (Å²) in [4.78, 5) is 33.8. The summed E-state index contributed by atoms with van der Waals surface area (Å²) in [7, 11) is -0.419. The average Bonchev–Trinajstić information content (AvgIpc) is 2.91. The number of ether oxygens (including phenoxy) is 3. The molecular weight excluding hydrogens is 544 g/mol. The van der Waals surface area contributed by atoms with Crippen molar-refractivity contribution in [2.45, 2.75) is 133 Å². The Kier molecular flexibility index (Phi) is 24.2. The van der Waals surface area contributed by atoms with Crippen LogP contribution in [0.4, 0.5) is 0 Å². The van der Waals surface area contributed by atoms with Gasteiger partial charge in [-0.05, 0) is 92.4 Å². The van der Waals surface area contributed by atoms with E-state index in [0.717, 1.165) is 31.7 Å². The number of hydrogen-bond acceptors (Lipinski definition) is 8. The van der Waals surface area contributed by atoms with Gasteiger partial charge in [0.1, 0.15) is 16.4 Å². The first-order valence-corrected chi connectivity index (χ1v) is 19.7. The Hall–Kier alpha value is -1.24. The van der Waals surface area contributed by atoms with Gasteiger partial charge < -0.3 is 23.4 Å². The number of hydrogen-bond donors (Lipinski definition) is 1. The van der Waals surface area contributed by atoms with Crippen LogP contribution in [0.15, 0.2) is 0 Å². The predicted octanol–water partition coefficient (Wildman–Crippen LogP) is 6.43. The van der Waals surface area contributed by atoms with E-state index >= 15 is 0 Å². The van der Waals surface area contributed by atoms with Crippen molar-refractivity contribution in [3.8, 4) is 0 Å². The predicted molar refractivity (Wildman–Crippen MR) is 169 cm³/mol. The summed E-state index contributed by atoms with van der Waals surface area (Å²) < 4.78 is 20.9.